The van der Waals surface area contributed by atoms with Crippen LogP contribution in [-0.4, -0.2) is 49.9 Å². The quantitative estimate of drug-likeness (QED) is 0.772. The van der Waals surface area contributed by atoms with Gasteiger partial charge in [-0.25, -0.2) is 4.79 Å². The number of hydrogen-bond donors (Lipinski definition) is 2. The molecule has 106 valence electrons. The molecule has 20 heavy (non-hydrogen) atoms. The molecule has 4 amide bonds. The fourth-order valence-corrected chi connectivity index (χ4v) is 1.80. The molecule has 0 unspecified atom stereocenters. The van der Waals surface area contributed by atoms with Crippen molar-refractivity contribution in [3.8, 4) is 0 Å². The Morgan fingerprint density at radius 1 is 1.30 bits per heavy atom. The average molecular weight is 276 g/mol. The second-order valence-electron chi connectivity index (χ2n) is 4.63. The summed E-state index contributed by atoms with van der Waals surface area (Å²) in [6.45, 7) is -0.330. The van der Waals surface area contributed by atoms with Gasteiger partial charge in [-0.15, -0.1) is 0 Å². The first-order chi connectivity index (χ1) is 9.47. The van der Waals surface area contributed by atoms with Crippen LogP contribution in [0.15, 0.2) is 24.3 Å². The Hall–Kier alpha value is -2.57. The molecule has 0 saturated carbocycles. The van der Waals surface area contributed by atoms with Crippen molar-refractivity contribution >= 4 is 29.2 Å². The van der Waals surface area contributed by atoms with Crippen molar-refractivity contribution in [2.75, 3.05) is 37.4 Å². The second kappa shape index (κ2) is 5.60. The van der Waals surface area contributed by atoms with Crippen LogP contribution in [0.3, 0.4) is 0 Å². The molecule has 7 nitrogen and oxygen atoms in total. The van der Waals surface area contributed by atoms with Crippen LogP contribution in [0.2, 0.25) is 0 Å². The zero-order valence-corrected chi connectivity index (χ0v) is 11.3. The van der Waals surface area contributed by atoms with Gasteiger partial charge in [-0.2, -0.15) is 0 Å². The lowest BCUT2D eigenvalue weighted by Gasteiger charge is -2.14. The molecule has 2 N–H and O–H groups in total. The molecule has 0 radical (unpaired) electrons. The summed E-state index contributed by atoms with van der Waals surface area (Å²) < 4.78 is 0. The maximum Gasteiger partial charge on any atom is 0.325 e. The van der Waals surface area contributed by atoms with Crippen molar-refractivity contribution in [2.45, 2.75) is 0 Å². The van der Waals surface area contributed by atoms with Crippen LogP contribution >= 0.6 is 0 Å². The Bertz CT molecular complexity index is 523. The van der Waals surface area contributed by atoms with E-state index in [1.54, 1.807) is 12.1 Å². The lowest BCUT2D eigenvalue weighted by Crippen LogP contribution is -2.38. The lowest BCUT2D eigenvalue weighted by molar-refractivity contribution is -0.128. The van der Waals surface area contributed by atoms with Crippen molar-refractivity contribution in [2.24, 2.45) is 0 Å². The van der Waals surface area contributed by atoms with Crippen molar-refractivity contribution in [1.29, 1.82) is 0 Å². The highest BCUT2D eigenvalue weighted by Gasteiger charge is 2.30. The normalized spacial score (nSPS) is 14.2. The van der Waals surface area contributed by atoms with E-state index in [0.717, 1.165) is 10.6 Å². The smallest absolute Gasteiger partial charge is 0.325 e. The minimum Gasteiger partial charge on any atom is -0.378 e. The van der Waals surface area contributed by atoms with E-state index in [1.165, 1.54) is 0 Å². The van der Waals surface area contributed by atoms with Crippen LogP contribution in [0.25, 0.3) is 0 Å². The molecule has 1 fully saturated rings. The molecule has 0 aromatic heterocycles. The van der Waals surface area contributed by atoms with E-state index in [2.05, 4.69) is 10.6 Å². The van der Waals surface area contributed by atoms with Gasteiger partial charge in [0.1, 0.15) is 6.54 Å². The van der Waals surface area contributed by atoms with Crippen LogP contribution < -0.4 is 15.5 Å². The average Bonchev–Trinajstić information content (AvgIpc) is 2.71. The number of nitrogens with zero attached hydrogens (tertiary/aromatic N) is 2. The highest BCUT2D eigenvalue weighted by molar-refractivity contribution is 6.06. The molecule has 7 heteroatoms. The highest BCUT2D eigenvalue weighted by atomic mass is 16.2. The van der Waals surface area contributed by atoms with Gasteiger partial charge >= 0.3 is 6.03 Å². The molecule has 0 bridgehead atoms. The van der Waals surface area contributed by atoms with Crippen LogP contribution in [0.4, 0.5) is 16.2 Å². The number of anilines is 2. The molecule has 1 aliphatic rings. The van der Waals surface area contributed by atoms with E-state index < -0.39 is 17.8 Å². The second-order valence-corrected chi connectivity index (χ2v) is 4.63. The predicted octanol–water partition coefficient (Wildman–Crippen LogP) is 0.243. The zero-order chi connectivity index (χ0) is 14.7. The Balaban J connectivity index is 1.94. The minimum absolute atomic E-state index is 0.0519. The summed E-state index contributed by atoms with van der Waals surface area (Å²) in [6, 6.07) is 6.72. The topological polar surface area (TPSA) is 81.8 Å². The monoisotopic (exact) mass is 276 g/mol. The van der Waals surface area contributed by atoms with Crippen LogP contribution in [-0.2, 0) is 9.59 Å². The van der Waals surface area contributed by atoms with Crippen LogP contribution in [0.5, 0.6) is 0 Å². The van der Waals surface area contributed by atoms with E-state index in [1.807, 2.05) is 31.1 Å². The number of rotatable bonds is 4. The van der Waals surface area contributed by atoms with Gasteiger partial charge in [0, 0.05) is 25.5 Å². The lowest BCUT2D eigenvalue weighted by atomic mass is 10.2. The van der Waals surface area contributed by atoms with Gasteiger partial charge in [-0.05, 0) is 24.3 Å². The number of urea groups is 1. The van der Waals surface area contributed by atoms with Crippen LogP contribution in [0.1, 0.15) is 0 Å². The Morgan fingerprint density at radius 2 is 1.95 bits per heavy atom. The molecular weight excluding hydrogens is 260 g/mol. The molecule has 1 aliphatic heterocycles. The van der Waals surface area contributed by atoms with Crippen molar-refractivity contribution in [3.05, 3.63) is 24.3 Å². The Labute approximate surface area is 116 Å². The van der Waals surface area contributed by atoms with E-state index in [4.69, 9.17) is 0 Å². The van der Waals surface area contributed by atoms with Gasteiger partial charge in [0.2, 0.25) is 5.91 Å². The Morgan fingerprint density at radius 3 is 2.45 bits per heavy atom. The third-order valence-electron chi connectivity index (χ3n) is 2.91. The number of benzene rings is 1. The summed E-state index contributed by atoms with van der Waals surface area (Å²) >= 11 is 0. The summed E-state index contributed by atoms with van der Waals surface area (Å²) in [5.41, 5.74) is 1.63. The van der Waals surface area contributed by atoms with Gasteiger partial charge in [0.15, 0.2) is 0 Å². The molecule has 1 aromatic carbocycles. The highest BCUT2D eigenvalue weighted by Crippen LogP contribution is 2.15. The minimum atomic E-state index is -0.534. The predicted molar refractivity (Wildman–Crippen MR) is 74.5 cm³/mol. The fourth-order valence-electron chi connectivity index (χ4n) is 1.80. The summed E-state index contributed by atoms with van der Waals surface area (Å²) in [7, 11) is 3.84. The first-order valence-corrected chi connectivity index (χ1v) is 6.13. The first kappa shape index (κ1) is 13.9. The largest absolute Gasteiger partial charge is 0.378 e. The van der Waals surface area contributed by atoms with E-state index >= 15 is 0 Å². The summed E-state index contributed by atoms with van der Waals surface area (Å²) in [6.07, 6.45) is 0. The van der Waals surface area contributed by atoms with E-state index in [0.29, 0.717) is 5.69 Å². The molecule has 0 atom stereocenters. The zero-order valence-electron chi connectivity index (χ0n) is 11.3. The summed E-state index contributed by atoms with van der Waals surface area (Å²) in [5.74, 6) is -0.805. The van der Waals surface area contributed by atoms with E-state index in [9.17, 15) is 14.4 Å². The van der Waals surface area contributed by atoms with E-state index in [-0.39, 0.29) is 13.1 Å². The maximum absolute atomic E-state index is 11.8. The molecule has 1 saturated heterocycles. The van der Waals surface area contributed by atoms with Crippen molar-refractivity contribution in [1.82, 2.24) is 10.2 Å². The standard InChI is InChI=1S/C13H16N4O3/c1-16(2)10-5-3-9(4-6-10)15-11(18)8-17-12(19)7-14-13(17)20/h3-6H,7-8H2,1-2H3,(H,14,20)(H,15,18). The van der Waals surface area contributed by atoms with Gasteiger partial charge in [-0.3, -0.25) is 14.5 Å². The number of hydrogen-bond acceptors (Lipinski definition) is 4. The SMILES string of the molecule is CN(C)c1ccc(NC(=O)CN2C(=O)CNC2=O)cc1. The molecule has 1 aromatic rings. The number of imide groups is 1. The van der Waals surface area contributed by atoms with Gasteiger partial charge in [0.25, 0.3) is 5.91 Å². The van der Waals surface area contributed by atoms with Gasteiger partial charge in [0.05, 0.1) is 6.54 Å². The number of carbonyl (C=O) groups excluding carboxylic acids is 3. The number of carbonyl (C=O) groups is 3. The molecule has 2 rings (SSSR count). The van der Waals surface area contributed by atoms with Crippen molar-refractivity contribution < 1.29 is 14.4 Å². The van der Waals surface area contributed by atoms with Gasteiger partial charge in [-0.1, -0.05) is 0 Å². The molecular formula is C13H16N4O3. The maximum atomic E-state index is 11.8. The van der Waals surface area contributed by atoms with Crippen LogP contribution in [0, 0.1) is 0 Å². The summed E-state index contributed by atoms with van der Waals surface area (Å²) in [4.78, 5) is 37.3. The number of amides is 4. The Kier molecular flexibility index (Phi) is 3.88. The third kappa shape index (κ3) is 3.05. The van der Waals surface area contributed by atoms with Crippen molar-refractivity contribution in [3.63, 3.8) is 0 Å². The van der Waals surface area contributed by atoms with Gasteiger partial charge < -0.3 is 15.5 Å². The molecule has 0 aliphatic carbocycles. The molecule has 1 heterocycles. The summed E-state index contributed by atoms with van der Waals surface area (Å²) in [5, 5.41) is 5.01. The number of nitrogens with one attached hydrogen (secondary N) is 2. The fraction of sp³-hybridized carbons (Fsp3) is 0.308. The molecule has 0 spiro atoms. The first-order valence-electron chi connectivity index (χ1n) is 6.13. The third-order valence-corrected chi connectivity index (χ3v) is 2.91.